The zero-order chi connectivity index (χ0) is 15.4. The lowest BCUT2D eigenvalue weighted by atomic mass is 10.3. The van der Waals surface area contributed by atoms with Crippen LogP contribution in [0.1, 0.15) is 4.88 Å². The molecule has 7 heteroatoms. The molecular weight excluding hydrogens is 397 g/mol. The van der Waals surface area contributed by atoms with Crippen molar-refractivity contribution in [3.05, 3.63) is 49.0 Å². The average molecular weight is 409 g/mol. The first-order chi connectivity index (χ1) is 9.95. The van der Waals surface area contributed by atoms with Crippen LogP contribution in [0.3, 0.4) is 0 Å². The van der Waals surface area contributed by atoms with Crippen molar-refractivity contribution in [1.82, 2.24) is 4.90 Å². The minimum atomic E-state index is -0.110. The van der Waals surface area contributed by atoms with E-state index in [0.29, 0.717) is 21.7 Å². The molecule has 1 heterocycles. The summed E-state index contributed by atoms with van der Waals surface area (Å²) in [7, 11) is 1.73. The number of nitrogens with zero attached hydrogens (tertiary/aromatic N) is 1. The van der Waals surface area contributed by atoms with Crippen molar-refractivity contribution >= 4 is 56.4 Å². The predicted molar refractivity (Wildman–Crippen MR) is 90.5 cm³/mol. The molecule has 2 aromatic rings. The van der Waals surface area contributed by atoms with E-state index in [4.69, 9.17) is 27.9 Å². The van der Waals surface area contributed by atoms with Crippen LogP contribution in [0.4, 0.5) is 0 Å². The first kappa shape index (κ1) is 16.6. The van der Waals surface area contributed by atoms with Gasteiger partial charge in [0, 0.05) is 16.9 Å². The molecule has 1 aromatic carbocycles. The minimum Gasteiger partial charge on any atom is -0.483 e. The number of carbonyl (C=O) groups excluding carboxylic acids is 1. The molecule has 21 heavy (non-hydrogen) atoms. The first-order valence-electron chi connectivity index (χ1n) is 6.01. The van der Waals surface area contributed by atoms with E-state index in [1.54, 1.807) is 30.1 Å². The maximum Gasteiger partial charge on any atom is 0.260 e. The zero-order valence-electron chi connectivity index (χ0n) is 11.1. The van der Waals surface area contributed by atoms with Crippen molar-refractivity contribution in [3.63, 3.8) is 0 Å². The second-order valence-corrected chi connectivity index (χ2v) is 7.41. The van der Waals surface area contributed by atoms with Gasteiger partial charge in [0.15, 0.2) is 6.61 Å². The van der Waals surface area contributed by atoms with Crippen LogP contribution in [0.15, 0.2) is 34.8 Å². The van der Waals surface area contributed by atoms with Gasteiger partial charge in [-0.25, -0.2) is 0 Å². The van der Waals surface area contributed by atoms with Gasteiger partial charge in [-0.15, -0.1) is 11.3 Å². The zero-order valence-corrected chi connectivity index (χ0v) is 15.0. The monoisotopic (exact) mass is 407 g/mol. The van der Waals surface area contributed by atoms with Crippen molar-refractivity contribution in [2.45, 2.75) is 6.54 Å². The molecule has 0 spiro atoms. The number of hydrogen-bond donors (Lipinski definition) is 0. The van der Waals surface area contributed by atoms with Gasteiger partial charge in [0.25, 0.3) is 5.91 Å². The third kappa shape index (κ3) is 4.88. The van der Waals surface area contributed by atoms with E-state index in [0.717, 1.165) is 9.35 Å². The normalized spacial score (nSPS) is 10.5. The third-order valence-electron chi connectivity index (χ3n) is 2.69. The highest BCUT2D eigenvalue weighted by molar-refractivity contribution is 9.10. The molecule has 0 radical (unpaired) electrons. The maximum atomic E-state index is 12.0. The summed E-state index contributed by atoms with van der Waals surface area (Å²) >= 11 is 16.5. The third-order valence-corrected chi connectivity index (χ3v) is 4.76. The Morgan fingerprint density at radius 1 is 1.33 bits per heavy atom. The molecule has 0 aliphatic rings. The van der Waals surface area contributed by atoms with Crippen LogP contribution in [-0.2, 0) is 11.3 Å². The fourth-order valence-electron chi connectivity index (χ4n) is 1.60. The Labute approximate surface area is 145 Å². The fraction of sp³-hybridized carbons (Fsp3) is 0.214. The lowest BCUT2D eigenvalue weighted by molar-refractivity contribution is -0.132. The van der Waals surface area contributed by atoms with E-state index in [2.05, 4.69) is 15.9 Å². The minimum absolute atomic E-state index is 0.0319. The summed E-state index contributed by atoms with van der Waals surface area (Å²) in [5, 5.41) is 0.604. The van der Waals surface area contributed by atoms with Gasteiger partial charge in [-0.2, -0.15) is 0 Å². The highest BCUT2D eigenvalue weighted by Crippen LogP contribution is 2.28. The number of rotatable bonds is 5. The lowest BCUT2D eigenvalue weighted by Gasteiger charge is -2.17. The maximum absolute atomic E-state index is 12.0. The number of hydrogen-bond acceptors (Lipinski definition) is 3. The van der Waals surface area contributed by atoms with Gasteiger partial charge in [0.2, 0.25) is 0 Å². The summed E-state index contributed by atoms with van der Waals surface area (Å²) in [5.74, 6) is 0.474. The van der Waals surface area contributed by atoms with Crippen molar-refractivity contribution in [1.29, 1.82) is 0 Å². The molecule has 0 aliphatic carbocycles. The Kier molecular flexibility index (Phi) is 5.93. The van der Waals surface area contributed by atoms with Crippen molar-refractivity contribution in [2.75, 3.05) is 13.7 Å². The van der Waals surface area contributed by atoms with Gasteiger partial charge < -0.3 is 9.64 Å². The molecular formula is C14H12BrCl2NO2S. The second kappa shape index (κ2) is 7.49. The van der Waals surface area contributed by atoms with Crippen LogP contribution in [0.5, 0.6) is 5.75 Å². The average Bonchev–Trinajstić information content (AvgIpc) is 2.82. The highest BCUT2D eigenvalue weighted by atomic mass is 79.9. The van der Waals surface area contributed by atoms with E-state index in [1.165, 1.54) is 11.3 Å². The van der Waals surface area contributed by atoms with E-state index >= 15 is 0 Å². The largest absolute Gasteiger partial charge is 0.483 e. The summed E-state index contributed by atoms with van der Waals surface area (Å²) in [6.45, 7) is 0.483. The van der Waals surface area contributed by atoms with Gasteiger partial charge in [-0.05, 0) is 46.3 Å². The van der Waals surface area contributed by atoms with Crippen LogP contribution in [0, 0.1) is 0 Å². The number of amides is 1. The Balaban J connectivity index is 1.89. The van der Waals surface area contributed by atoms with Crippen LogP contribution >= 0.6 is 50.5 Å². The molecule has 0 aliphatic heterocycles. The first-order valence-corrected chi connectivity index (χ1v) is 8.38. The molecule has 0 fully saturated rings. The summed E-state index contributed by atoms with van der Waals surface area (Å²) in [5.41, 5.74) is 0. The molecule has 112 valence electrons. The molecule has 1 amide bonds. The SMILES string of the molecule is CN(Cc1ccc(Cl)s1)C(=O)COc1ccc(Cl)cc1Br. The van der Waals surface area contributed by atoms with Gasteiger partial charge >= 0.3 is 0 Å². The fourth-order valence-corrected chi connectivity index (χ4v) is 3.54. The summed E-state index contributed by atoms with van der Waals surface area (Å²) in [4.78, 5) is 14.7. The molecule has 1 aromatic heterocycles. The number of ether oxygens (including phenoxy) is 1. The molecule has 0 unspecified atom stereocenters. The Morgan fingerprint density at radius 3 is 2.71 bits per heavy atom. The smallest absolute Gasteiger partial charge is 0.260 e. The molecule has 2 rings (SSSR count). The Bertz CT molecular complexity index is 648. The predicted octanol–water partition coefficient (Wildman–Crippen LogP) is 4.85. The molecule has 0 atom stereocenters. The van der Waals surface area contributed by atoms with E-state index in [-0.39, 0.29) is 12.5 Å². The summed E-state index contributed by atoms with van der Waals surface area (Å²) in [6.07, 6.45) is 0. The van der Waals surface area contributed by atoms with Gasteiger partial charge in [-0.1, -0.05) is 23.2 Å². The number of halogens is 3. The Morgan fingerprint density at radius 2 is 2.10 bits per heavy atom. The Hall–Kier alpha value is -0.750. The van der Waals surface area contributed by atoms with Gasteiger partial charge in [0.05, 0.1) is 15.4 Å². The quantitative estimate of drug-likeness (QED) is 0.707. The molecule has 0 bridgehead atoms. The van der Waals surface area contributed by atoms with Gasteiger partial charge in [-0.3, -0.25) is 4.79 Å². The van der Waals surface area contributed by atoms with Crippen molar-refractivity contribution in [2.24, 2.45) is 0 Å². The second-order valence-electron chi connectivity index (χ2n) is 4.32. The van der Waals surface area contributed by atoms with E-state index in [1.807, 2.05) is 12.1 Å². The molecule has 0 saturated carbocycles. The summed E-state index contributed by atoms with van der Waals surface area (Å²) in [6, 6.07) is 8.88. The van der Waals surface area contributed by atoms with Crippen LogP contribution in [0.25, 0.3) is 0 Å². The molecule has 3 nitrogen and oxygen atoms in total. The van der Waals surface area contributed by atoms with Crippen LogP contribution in [-0.4, -0.2) is 24.5 Å². The summed E-state index contributed by atoms with van der Waals surface area (Å²) < 4.78 is 6.93. The van der Waals surface area contributed by atoms with Crippen LogP contribution in [0.2, 0.25) is 9.36 Å². The molecule has 0 N–H and O–H groups in total. The van der Waals surface area contributed by atoms with Crippen molar-refractivity contribution in [3.8, 4) is 5.75 Å². The van der Waals surface area contributed by atoms with Gasteiger partial charge in [0.1, 0.15) is 5.75 Å². The topological polar surface area (TPSA) is 29.5 Å². The van der Waals surface area contributed by atoms with E-state index in [9.17, 15) is 4.79 Å². The lowest BCUT2D eigenvalue weighted by Crippen LogP contribution is -2.30. The number of benzene rings is 1. The highest BCUT2D eigenvalue weighted by Gasteiger charge is 2.12. The molecule has 0 saturated heterocycles. The number of carbonyl (C=O) groups is 1. The standard InChI is InChI=1S/C14H12BrCl2NO2S/c1-18(7-10-3-5-13(17)21-10)14(19)8-20-12-4-2-9(16)6-11(12)15/h2-6H,7-8H2,1H3. The van der Waals surface area contributed by atoms with Crippen molar-refractivity contribution < 1.29 is 9.53 Å². The van der Waals surface area contributed by atoms with Crippen LogP contribution < -0.4 is 4.74 Å². The number of thiophene rings is 1. The van der Waals surface area contributed by atoms with E-state index < -0.39 is 0 Å². The number of likely N-dealkylation sites (N-methyl/N-ethyl adjacent to an activating group) is 1.